The number of aliphatic hydroxyl groups is 1. The molecule has 0 saturated heterocycles. The average Bonchev–Trinajstić information content (AvgIpc) is 2.47. The Kier molecular flexibility index (Phi) is 3.31. The first-order valence-corrected chi connectivity index (χ1v) is 6.46. The molecule has 3 aromatic rings. The minimum atomic E-state index is -0.709. The largest absolute Gasteiger partial charge is 0.399 e. The number of aromatic nitrogens is 2. The molecule has 0 aliphatic rings. The molecule has 100 valence electrons. The van der Waals surface area contributed by atoms with E-state index in [1.54, 1.807) is 12.3 Å². The van der Waals surface area contributed by atoms with Gasteiger partial charge in [-0.3, -0.25) is 0 Å². The summed E-state index contributed by atoms with van der Waals surface area (Å²) in [7, 11) is 0. The quantitative estimate of drug-likeness (QED) is 0.714. The van der Waals surface area contributed by atoms with Gasteiger partial charge in [0.25, 0.3) is 0 Å². The smallest absolute Gasteiger partial charge is 0.157 e. The van der Waals surface area contributed by atoms with E-state index in [2.05, 4.69) is 9.97 Å². The summed E-state index contributed by atoms with van der Waals surface area (Å²) in [6.07, 6.45) is 1.49. The van der Waals surface area contributed by atoms with E-state index in [0.29, 0.717) is 17.9 Å². The van der Waals surface area contributed by atoms with Crippen LogP contribution in [0.4, 0.5) is 5.69 Å². The molecule has 0 saturated carbocycles. The standard InChI is InChI=1S/C16H15N3O/c17-13-6-7-14-12(9-13)10-18-16(19-14)15(20)8-11-4-2-1-3-5-11/h1-7,9-10,15,20H,8,17H2/t15-/m0/s1. The maximum atomic E-state index is 10.2. The van der Waals surface area contributed by atoms with E-state index in [-0.39, 0.29) is 0 Å². The van der Waals surface area contributed by atoms with Gasteiger partial charge in [-0.05, 0) is 23.8 Å². The maximum Gasteiger partial charge on any atom is 0.157 e. The third-order valence-corrected chi connectivity index (χ3v) is 3.19. The van der Waals surface area contributed by atoms with Crippen molar-refractivity contribution in [2.75, 3.05) is 5.73 Å². The first kappa shape index (κ1) is 12.6. The summed E-state index contributed by atoms with van der Waals surface area (Å²) < 4.78 is 0. The van der Waals surface area contributed by atoms with Crippen LogP contribution < -0.4 is 5.73 Å². The summed E-state index contributed by atoms with van der Waals surface area (Å²) in [6, 6.07) is 15.3. The monoisotopic (exact) mass is 265 g/mol. The molecule has 0 radical (unpaired) electrons. The van der Waals surface area contributed by atoms with Gasteiger partial charge < -0.3 is 10.8 Å². The third-order valence-electron chi connectivity index (χ3n) is 3.19. The van der Waals surface area contributed by atoms with E-state index >= 15 is 0 Å². The molecule has 3 N–H and O–H groups in total. The molecule has 2 aromatic carbocycles. The van der Waals surface area contributed by atoms with Gasteiger partial charge in [0.05, 0.1) is 5.52 Å². The third kappa shape index (κ3) is 2.60. The van der Waals surface area contributed by atoms with Crippen LogP contribution in [0.15, 0.2) is 54.7 Å². The number of hydrogen-bond donors (Lipinski definition) is 2. The van der Waals surface area contributed by atoms with Crippen molar-refractivity contribution >= 4 is 16.6 Å². The van der Waals surface area contributed by atoms with E-state index in [0.717, 1.165) is 16.5 Å². The molecule has 0 fully saturated rings. The summed E-state index contributed by atoms with van der Waals surface area (Å²) in [6.45, 7) is 0. The number of rotatable bonds is 3. The fraction of sp³-hybridized carbons (Fsp3) is 0.125. The van der Waals surface area contributed by atoms with Crippen LogP contribution in [0.2, 0.25) is 0 Å². The highest BCUT2D eigenvalue weighted by atomic mass is 16.3. The second-order valence-electron chi connectivity index (χ2n) is 4.75. The Hall–Kier alpha value is -2.46. The molecule has 1 heterocycles. The zero-order chi connectivity index (χ0) is 13.9. The molecular formula is C16H15N3O. The number of hydrogen-bond acceptors (Lipinski definition) is 4. The molecule has 0 spiro atoms. The van der Waals surface area contributed by atoms with Crippen molar-refractivity contribution in [3.8, 4) is 0 Å². The van der Waals surface area contributed by atoms with Crippen LogP contribution in [0.25, 0.3) is 10.9 Å². The molecule has 0 aliphatic carbocycles. The number of nitrogen functional groups attached to an aromatic ring is 1. The highest BCUT2D eigenvalue weighted by molar-refractivity contribution is 5.81. The summed E-state index contributed by atoms with van der Waals surface area (Å²) in [5, 5.41) is 11.1. The van der Waals surface area contributed by atoms with E-state index < -0.39 is 6.10 Å². The molecule has 0 aliphatic heterocycles. The van der Waals surface area contributed by atoms with Crippen molar-refractivity contribution in [2.45, 2.75) is 12.5 Å². The number of nitrogens with zero attached hydrogens (tertiary/aromatic N) is 2. The van der Waals surface area contributed by atoms with Crippen molar-refractivity contribution in [3.63, 3.8) is 0 Å². The topological polar surface area (TPSA) is 72.0 Å². The molecule has 1 aromatic heterocycles. The second kappa shape index (κ2) is 5.27. The zero-order valence-electron chi connectivity index (χ0n) is 10.9. The summed E-state index contributed by atoms with van der Waals surface area (Å²) in [4.78, 5) is 8.62. The first-order chi connectivity index (χ1) is 9.72. The van der Waals surface area contributed by atoms with Crippen molar-refractivity contribution in [3.05, 3.63) is 66.1 Å². The van der Waals surface area contributed by atoms with Crippen LogP contribution in [0.1, 0.15) is 17.5 Å². The highest BCUT2D eigenvalue weighted by Crippen LogP contribution is 2.19. The van der Waals surface area contributed by atoms with E-state index in [1.807, 2.05) is 42.5 Å². The van der Waals surface area contributed by atoms with Crippen LogP contribution in [-0.2, 0) is 6.42 Å². The molecule has 0 bridgehead atoms. The number of aliphatic hydroxyl groups excluding tert-OH is 1. The summed E-state index contributed by atoms with van der Waals surface area (Å²) in [5.41, 5.74) is 8.24. The molecule has 4 nitrogen and oxygen atoms in total. The van der Waals surface area contributed by atoms with Gasteiger partial charge in [0.1, 0.15) is 6.10 Å². The zero-order valence-corrected chi connectivity index (χ0v) is 10.9. The van der Waals surface area contributed by atoms with Crippen molar-refractivity contribution in [1.82, 2.24) is 9.97 Å². The van der Waals surface area contributed by atoms with Crippen molar-refractivity contribution in [2.24, 2.45) is 0 Å². The SMILES string of the molecule is Nc1ccc2nc([C@@H](O)Cc3ccccc3)ncc2c1. The van der Waals surface area contributed by atoms with Crippen molar-refractivity contribution < 1.29 is 5.11 Å². The predicted octanol–water partition coefficient (Wildman–Crippen LogP) is 2.49. The highest BCUT2D eigenvalue weighted by Gasteiger charge is 2.12. The Morgan fingerprint density at radius 3 is 2.70 bits per heavy atom. The maximum absolute atomic E-state index is 10.2. The lowest BCUT2D eigenvalue weighted by Gasteiger charge is -2.10. The molecule has 0 amide bonds. The van der Waals surface area contributed by atoms with Crippen LogP contribution in [0.3, 0.4) is 0 Å². The molecule has 1 atom stereocenters. The Bertz CT molecular complexity index is 728. The Labute approximate surface area is 116 Å². The lowest BCUT2D eigenvalue weighted by atomic mass is 10.1. The van der Waals surface area contributed by atoms with Gasteiger partial charge >= 0.3 is 0 Å². The van der Waals surface area contributed by atoms with E-state index in [1.165, 1.54) is 0 Å². The Morgan fingerprint density at radius 1 is 1.10 bits per heavy atom. The van der Waals surface area contributed by atoms with Gasteiger partial charge in [-0.1, -0.05) is 30.3 Å². The second-order valence-corrected chi connectivity index (χ2v) is 4.75. The average molecular weight is 265 g/mol. The fourth-order valence-electron chi connectivity index (χ4n) is 2.16. The normalized spacial score (nSPS) is 12.4. The first-order valence-electron chi connectivity index (χ1n) is 6.46. The minimum Gasteiger partial charge on any atom is -0.399 e. The lowest BCUT2D eigenvalue weighted by molar-refractivity contribution is 0.169. The van der Waals surface area contributed by atoms with Gasteiger partial charge in [0, 0.05) is 23.7 Å². The molecule has 20 heavy (non-hydrogen) atoms. The van der Waals surface area contributed by atoms with Crippen LogP contribution in [0, 0.1) is 0 Å². The number of nitrogens with two attached hydrogens (primary N) is 1. The van der Waals surface area contributed by atoms with Gasteiger partial charge in [0.15, 0.2) is 5.82 Å². The number of benzene rings is 2. The molecule has 0 unspecified atom stereocenters. The Morgan fingerprint density at radius 2 is 1.90 bits per heavy atom. The van der Waals surface area contributed by atoms with Crippen LogP contribution >= 0.6 is 0 Å². The number of fused-ring (bicyclic) bond motifs is 1. The minimum absolute atomic E-state index is 0.436. The molecule has 4 heteroatoms. The van der Waals surface area contributed by atoms with Gasteiger partial charge in [-0.25, -0.2) is 9.97 Å². The van der Waals surface area contributed by atoms with Crippen LogP contribution in [0.5, 0.6) is 0 Å². The summed E-state index contributed by atoms with van der Waals surface area (Å²) in [5.74, 6) is 0.436. The Balaban J connectivity index is 1.88. The fourth-order valence-corrected chi connectivity index (χ4v) is 2.16. The van der Waals surface area contributed by atoms with E-state index in [9.17, 15) is 5.11 Å². The lowest BCUT2D eigenvalue weighted by Crippen LogP contribution is -2.07. The summed E-state index contributed by atoms with van der Waals surface area (Å²) >= 11 is 0. The van der Waals surface area contributed by atoms with Crippen molar-refractivity contribution in [1.29, 1.82) is 0 Å². The predicted molar refractivity (Wildman–Crippen MR) is 79.1 cm³/mol. The molecule has 3 rings (SSSR count). The van der Waals surface area contributed by atoms with Crippen LogP contribution in [-0.4, -0.2) is 15.1 Å². The van der Waals surface area contributed by atoms with Gasteiger partial charge in [0.2, 0.25) is 0 Å². The van der Waals surface area contributed by atoms with Gasteiger partial charge in [-0.15, -0.1) is 0 Å². The van der Waals surface area contributed by atoms with E-state index in [4.69, 9.17) is 5.73 Å². The van der Waals surface area contributed by atoms with Gasteiger partial charge in [-0.2, -0.15) is 0 Å². The molecular weight excluding hydrogens is 250 g/mol. The number of anilines is 1.